The molecule has 8 heteroatoms. The second-order valence-corrected chi connectivity index (χ2v) is 10.6. The van der Waals surface area contributed by atoms with E-state index in [2.05, 4.69) is 0 Å². The van der Waals surface area contributed by atoms with Gasteiger partial charge < -0.3 is 21.7 Å². The summed E-state index contributed by atoms with van der Waals surface area (Å²) in [4.78, 5) is 26.8. The summed E-state index contributed by atoms with van der Waals surface area (Å²) in [6.45, 7) is 4.10. The minimum Gasteiger partial charge on any atom is -1.00 e. The van der Waals surface area contributed by atoms with Gasteiger partial charge in [0.15, 0.2) is 12.4 Å². The zero-order chi connectivity index (χ0) is 24.8. The molecule has 0 spiro atoms. The largest absolute Gasteiger partial charge is 1.00 e. The van der Waals surface area contributed by atoms with Crippen molar-refractivity contribution in [3.8, 4) is 5.69 Å². The van der Waals surface area contributed by atoms with Crippen LogP contribution in [0.2, 0.25) is 5.02 Å². The van der Waals surface area contributed by atoms with Gasteiger partial charge in [0, 0.05) is 28.5 Å². The first-order valence-electron chi connectivity index (χ1n) is 11.2. The first-order chi connectivity index (χ1) is 17.0. The molecule has 0 aliphatic rings. The van der Waals surface area contributed by atoms with Crippen molar-refractivity contribution in [2.75, 3.05) is 6.61 Å². The first-order valence-corrected chi connectivity index (χ1v) is 13.4. The lowest BCUT2D eigenvalue weighted by Crippen LogP contribution is -3.00. The van der Waals surface area contributed by atoms with Gasteiger partial charge in [0.05, 0.1) is 23.5 Å². The fraction of sp³-hybridized carbons (Fsp3) is 0.179. The highest BCUT2D eigenvalue weighted by Crippen LogP contribution is 2.40. The van der Waals surface area contributed by atoms with Gasteiger partial charge in [-0.2, -0.15) is 4.57 Å². The van der Waals surface area contributed by atoms with E-state index in [4.69, 9.17) is 16.3 Å². The average Bonchev–Trinajstić information content (AvgIpc) is 3.22. The van der Waals surface area contributed by atoms with Crippen LogP contribution in [0.3, 0.4) is 0 Å². The zero-order valence-corrected chi connectivity index (χ0v) is 23.8. The van der Waals surface area contributed by atoms with Gasteiger partial charge in [-0.1, -0.05) is 54.1 Å². The molecular weight excluding hydrogens is 578 g/mol. The minimum absolute atomic E-state index is 0. The number of ether oxygens (including phenoxy) is 1. The number of thiophene rings is 1. The fourth-order valence-electron chi connectivity index (χ4n) is 3.60. The fourth-order valence-corrected chi connectivity index (χ4v) is 6.25. The number of carbonyl (C=O) groups excluding carboxylic acids is 2. The number of ketones is 1. The highest BCUT2D eigenvalue weighted by atomic mass is 79.9. The van der Waals surface area contributed by atoms with Gasteiger partial charge in [-0.05, 0) is 37.1 Å². The number of nitrogens with zero attached hydrogens (tertiary/aromatic N) is 1. The number of rotatable bonds is 9. The lowest BCUT2D eigenvalue weighted by atomic mass is 10.0. The van der Waals surface area contributed by atoms with Crippen LogP contribution in [0.1, 0.15) is 38.8 Å². The maximum Gasteiger partial charge on any atom is 0.310 e. The van der Waals surface area contributed by atoms with Crippen molar-refractivity contribution in [2.45, 2.75) is 30.2 Å². The second-order valence-electron chi connectivity index (χ2n) is 7.92. The quantitative estimate of drug-likeness (QED) is 0.127. The lowest BCUT2D eigenvalue weighted by molar-refractivity contribution is -0.598. The van der Waals surface area contributed by atoms with Crippen LogP contribution >= 0.6 is 34.7 Å². The van der Waals surface area contributed by atoms with Gasteiger partial charge in [-0.25, -0.2) is 0 Å². The number of carbonyl (C=O) groups is 2. The Morgan fingerprint density at radius 3 is 2.31 bits per heavy atom. The molecule has 2 aromatic carbocycles. The number of halogens is 2. The summed E-state index contributed by atoms with van der Waals surface area (Å²) in [6, 6.07) is 20.9. The van der Waals surface area contributed by atoms with Crippen LogP contribution in [0.15, 0.2) is 83.3 Å². The molecule has 4 nitrogen and oxygen atoms in total. The van der Waals surface area contributed by atoms with E-state index in [-0.39, 0.29) is 41.8 Å². The van der Waals surface area contributed by atoms with E-state index in [1.165, 1.54) is 11.3 Å². The van der Waals surface area contributed by atoms with Crippen LogP contribution in [-0.2, 0) is 21.7 Å². The van der Waals surface area contributed by atoms with Crippen LogP contribution in [-0.4, -0.2) is 18.4 Å². The Morgan fingerprint density at radius 2 is 1.67 bits per heavy atom. The third-order valence-electron chi connectivity index (χ3n) is 5.35. The van der Waals surface area contributed by atoms with Crippen molar-refractivity contribution in [1.29, 1.82) is 0 Å². The van der Waals surface area contributed by atoms with Gasteiger partial charge in [-0.15, -0.1) is 23.1 Å². The summed E-state index contributed by atoms with van der Waals surface area (Å²) in [6.07, 6.45) is 3.96. The average molecular weight is 603 g/mol. The Kier molecular flexibility index (Phi) is 10.3. The van der Waals surface area contributed by atoms with E-state index in [0.29, 0.717) is 26.8 Å². The monoisotopic (exact) mass is 601 g/mol. The molecule has 0 saturated heterocycles. The Morgan fingerprint density at radius 1 is 1.00 bits per heavy atom. The maximum absolute atomic E-state index is 13.6. The van der Waals surface area contributed by atoms with Gasteiger partial charge >= 0.3 is 5.97 Å². The molecule has 2 aromatic heterocycles. The highest BCUT2D eigenvalue weighted by molar-refractivity contribution is 8.00. The van der Waals surface area contributed by atoms with Gasteiger partial charge in [0.1, 0.15) is 4.21 Å². The van der Waals surface area contributed by atoms with Crippen LogP contribution in [0.4, 0.5) is 0 Å². The Bertz CT molecular complexity index is 1320. The number of pyridine rings is 1. The number of aromatic nitrogens is 1. The molecule has 186 valence electrons. The predicted molar refractivity (Wildman–Crippen MR) is 142 cm³/mol. The number of thioether (sulfide) groups is 1. The summed E-state index contributed by atoms with van der Waals surface area (Å²) >= 11 is 9.12. The Balaban J connectivity index is 0.00000361. The van der Waals surface area contributed by atoms with Gasteiger partial charge in [-0.3, -0.25) is 9.59 Å². The molecule has 0 N–H and O–H groups in total. The molecule has 2 heterocycles. The molecule has 0 aliphatic carbocycles. The Hall–Kier alpha value is -2.45. The minimum atomic E-state index is -0.351. The summed E-state index contributed by atoms with van der Waals surface area (Å²) in [5.41, 5.74) is 4.37. The Labute approximate surface area is 235 Å². The number of benzene rings is 2. The molecule has 36 heavy (non-hydrogen) atoms. The maximum atomic E-state index is 13.6. The highest BCUT2D eigenvalue weighted by Gasteiger charge is 2.31. The third-order valence-corrected chi connectivity index (χ3v) is 8.16. The summed E-state index contributed by atoms with van der Waals surface area (Å²) in [5, 5.41) is 0.693. The van der Waals surface area contributed by atoms with Crippen LogP contribution in [0.5, 0.6) is 0 Å². The lowest BCUT2D eigenvalue weighted by Gasteiger charge is -2.06. The summed E-state index contributed by atoms with van der Waals surface area (Å²) < 4.78 is 8.23. The SMILES string of the molecule is CCOC(=O)Cc1c(C(=O)c2ccccc2)sc(SCc2ccc(Cl)cc2)c1-[n+]1ccc(C)cc1.[Br-]. The second kappa shape index (κ2) is 13.2. The number of aryl methyl sites for hydroxylation is 1. The van der Waals surface area contributed by atoms with Crippen molar-refractivity contribution in [3.05, 3.63) is 111 Å². The van der Waals surface area contributed by atoms with E-state index in [9.17, 15) is 9.59 Å². The zero-order valence-electron chi connectivity index (χ0n) is 19.9. The molecule has 0 aliphatic heterocycles. The summed E-state index contributed by atoms with van der Waals surface area (Å²) in [5.74, 6) is 0.257. The van der Waals surface area contributed by atoms with Crippen LogP contribution in [0, 0.1) is 6.92 Å². The van der Waals surface area contributed by atoms with Crippen molar-refractivity contribution in [2.24, 2.45) is 0 Å². The van der Waals surface area contributed by atoms with Crippen molar-refractivity contribution in [1.82, 2.24) is 0 Å². The van der Waals surface area contributed by atoms with E-state index in [1.807, 2.05) is 78.5 Å². The van der Waals surface area contributed by atoms with Crippen molar-refractivity contribution >= 4 is 46.5 Å². The molecule has 0 radical (unpaired) electrons. The number of hydrogen-bond donors (Lipinski definition) is 0. The standard InChI is InChI=1S/C28H25ClNO3S2.BrH/c1-3-33-24(31)17-23-25(30-15-13-19(2)14-16-30)28(34-18-20-9-11-22(29)12-10-20)35-27(23)26(32)21-7-5-4-6-8-21;/h4-16H,3,17-18H2,1-2H3;1H/q+1;/p-1. The first kappa shape index (κ1) is 28.1. The summed E-state index contributed by atoms with van der Waals surface area (Å²) in [7, 11) is 0. The van der Waals surface area contributed by atoms with Gasteiger partial charge in [0.25, 0.3) is 0 Å². The molecule has 0 saturated carbocycles. The van der Waals surface area contributed by atoms with E-state index in [1.54, 1.807) is 30.8 Å². The van der Waals surface area contributed by atoms with Crippen LogP contribution < -0.4 is 21.5 Å². The van der Waals surface area contributed by atoms with Gasteiger partial charge in [0.2, 0.25) is 11.5 Å². The van der Waals surface area contributed by atoms with Crippen molar-refractivity contribution < 1.29 is 35.9 Å². The molecule has 0 amide bonds. The number of hydrogen-bond acceptors (Lipinski definition) is 5. The molecule has 0 bridgehead atoms. The van der Waals surface area contributed by atoms with Crippen molar-refractivity contribution in [3.63, 3.8) is 0 Å². The van der Waals surface area contributed by atoms with Crippen LogP contribution in [0.25, 0.3) is 5.69 Å². The normalized spacial score (nSPS) is 10.5. The molecule has 0 fully saturated rings. The molecule has 0 unspecified atom stereocenters. The predicted octanol–water partition coefficient (Wildman–Crippen LogP) is 3.62. The molecular formula is C28H25BrClNO3S2. The smallest absolute Gasteiger partial charge is 0.310 e. The van der Waals surface area contributed by atoms with E-state index < -0.39 is 0 Å². The number of esters is 1. The third kappa shape index (κ3) is 6.85. The van der Waals surface area contributed by atoms with E-state index in [0.717, 1.165) is 21.0 Å². The molecule has 4 rings (SSSR count). The topological polar surface area (TPSA) is 47.3 Å². The van der Waals surface area contributed by atoms with E-state index >= 15 is 0 Å². The molecule has 4 aromatic rings. The molecule has 0 atom stereocenters.